The Kier molecular flexibility index (Phi) is 7.30. The van der Waals surface area contributed by atoms with E-state index in [1.165, 1.54) is 35.4 Å². The number of thiophene rings is 1. The molecule has 1 saturated heterocycles. The first-order valence-corrected chi connectivity index (χ1v) is 13.4. The Balaban J connectivity index is 1.38. The molecule has 2 fully saturated rings. The van der Waals surface area contributed by atoms with Gasteiger partial charge in [-0.2, -0.15) is 0 Å². The molecular formula is C27H28ClFN2O4S. The van der Waals surface area contributed by atoms with Crippen LogP contribution in [0.3, 0.4) is 0 Å². The van der Waals surface area contributed by atoms with E-state index in [-0.39, 0.29) is 11.9 Å². The molecule has 2 aliphatic rings. The zero-order valence-electron chi connectivity index (χ0n) is 20.0. The van der Waals surface area contributed by atoms with E-state index in [0.717, 1.165) is 48.9 Å². The largest absolute Gasteiger partial charge is 0.487 e. The molecule has 36 heavy (non-hydrogen) atoms. The Labute approximate surface area is 218 Å². The number of carbonyl (C=O) groups is 2. The first kappa shape index (κ1) is 25.1. The Hall–Kier alpha value is -2.52. The van der Waals surface area contributed by atoms with Crippen LogP contribution in [0.15, 0.2) is 42.5 Å². The lowest BCUT2D eigenvalue weighted by molar-refractivity contribution is -0.130. The summed E-state index contributed by atoms with van der Waals surface area (Å²) in [6.07, 6.45) is 2.76. The second-order valence-electron chi connectivity index (χ2n) is 9.56. The topological polar surface area (TPSA) is 70.1 Å². The summed E-state index contributed by atoms with van der Waals surface area (Å²) in [6.45, 7) is 2.07. The summed E-state index contributed by atoms with van der Waals surface area (Å²) in [5.74, 6) is -1.75. The Bertz CT molecular complexity index is 1290. The number of ether oxygens (including phenoxy) is 1. The van der Waals surface area contributed by atoms with Crippen LogP contribution in [-0.4, -0.2) is 65.4 Å². The van der Waals surface area contributed by atoms with Crippen molar-refractivity contribution in [3.8, 4) is 5.75 Å². The SMILES string of the molecule is CN(C(=O)C(=O)c1cc2ccc(Cl)cc2s1)[C@H](CN1CCCC1)[C@H](O)c1ccc(OC2CC2)c(F)c1. The molecule has 1 aliphatic carbocycles. The van der Waals surface area contributed by atoms with Crippen LogP contribution in [-0.2, 0) is 4.79 Å². The maximum Gasteiger partial charge on any atom is 0.295 e. The van der Waals surface area contributed by atoms with Gasteiger partial charge in [-0.05, 0) is 80.1 Å². The van der Waals surface area contributed by atoms with Crippen molar-refractivity contribution in [2.75, 3.05) is 26.7 Å². The van der Waals surface area contributed by atoms with Gasteiger partial charge in [0.25, 0.3) is 11.7 Å². The molecule has 1 N–H and O–H groups in total. The molecule has 3 aromatic rings. The van der Waals surface area contributed by atoms with E-state index in [1.807, 2.05) is 6.07 Å². The first-order chi connectivity index (χ1) is 17.3. The smallest absolute Gasteiger partial charge is 0.295 e. The highest BCUT2D eigenvalue weighted by Gasteiger charge is 2.35. The number of likely N-dealkylation sites (N-methyl/N-ethyl adjacent to an activating group) is 1. The van der Waals surface area contributed by atoms with Crippen molar-refractivity contribution in [3.05, 3.63) is 63.7 Å². The number of Topliss-reactive ketones (excluding diaryl/α,β-unsaturated/α-hetero) is 1. The van der Waals surface area contributed by atoms with Gasteiger partial charge in [0, 0.05) is 23.3 Å². The van der Waals surface area contributed by atoms with Crippen LogP contribution in [0.2, 0.25) is 5.02 Å². The minimum Gasteiger partial charge on any atom is -0.487 e. The lowest BCUT2D eigenvalue weighted by atomic mass is 9.99. The number of hydrogen-bond acceptors (Lipinski definition) is 6. The van der Waals surface area contributed by atoms with Crippen molar-refractivity contribution in [1.29, 1.82) is 0 Å². The van der Waals surface area contributed by atoms with E-state index in [1.54, 1.807) is 24.3 Å². The van der Waals surface area contributed by atoms with Crippen molar-refractivity contribution in [1.82, 2.24) is 9.80 Å². The quantitative estimate of drug-likeness (QED) is 0.309. The number of benzene rings is 2. The summed E-state index contributed by atoms with van der Waals surface area (Å²) >= 11 is 7.27. The number of fused-ring (bicyclic) bond motifs is 1. The minimum absolute atomic E-state index is 0.0536. The third-order valence-electron chi connectivity index (χ3n) is 6.84. The van der Waals surface area contributed by atoms with E-state index in [2.05, 4.69) is 4.90 Å². The molecule has 0 bridgehead atoms. The van der Waals surface area contributed by atoms with Gasteiger partial charge in [-0.3, -0.25) is 9.59 Å². The van der Waals surface area contributed by atoms with Gasteiger partial charge < -0.3 is 19.6 Å². The van der Waals surface area contributed by atoms with Gasteiger partial charge >= 0.3 is 0 Å². The third kappa shape index (κ3) is 5.42. The molecule has 2 atom stereocenters. The maximum absolute atomic E-state index is 14.7. The molecule has 2 aromatic carbocycles. The number of rotatable bonds is 9. The number of halogens is 2. The molecule has 9 heteroatoms. The fourth-order valence-corrected chi connectivity index (χ4v) is 5.85. The molecule has 1 aliphatic heterocycles. The maximum atomic E-state index is 14.7. The van der Waals surface area contributed by atoms with Crippen LogP contribution in [0.25, 0.3) is 10.1 Å². The van der Waals surface area contributed by atoms with Crippen LogP contribution in [0.4, 0.5) is 4.39 Å². The number of nitrogens with zero attached hydrogens (tertiary/aromatic N) is 2. The second-order valence-corrected chi connectivity index (χ2v) is 11.1. The molecule has 6 nitrogen and oxygen atoms in total. The molecule has 1 amide bonds. The Morgan fingerprint density at radius 2 is 1.94 bits per heavy atom. The lowest BCUT2D eigenvalue weighted by Gasteiger charge is -2.34. The van der Waals surface area contributed by atoms with E-state index >= 15 is 0 Å². The van der Waals surface area contributed by atoms with Crippen molar-refractivity contribution >= 4 is 44.7 Å². The van der Waals surface area contributed by atoms with Gasteiger partial charge in [-0.25, -0.2) is 4.39 Å². The van der Waals surface area contributed by atoms with E-state index < -0.39 is 29.7 Å². The number of carbonyl (C=O) groups excluding carboxylic acids is 2. The van der Waals surface area contributed by atoms with Crippen LogP contribution >= 0.6 is 22.9 Å². The summed E-state index contributed by atoms with van der Waals surface area (Å²) < 4.78 is 21.1. The van der Waals surface area contributed by atoms with E-state index in [0.29, 0.717) is 22.0 Å². The number of amides is 1. The number of hydrogen-bond donors (Lipinski definition) is 1. The predicted octanol–water partition coefficient (Wildman–Crippen LogP) is 5.07. The van der Waals surface area contributed by atoms with Crippen molar-refractivity contribution in [3.63, 3.8) is 0 Å². The van der Waals surface area contributed by atoms with Crippen LogP contribution in [0.1, 0.15) is 47.0 Å². The normalized spacial score (nSPS) is 17.8. The average molecular weight is 531 g/mol. The molecule has 0 unspecified atom stereocenters. The fraction of sp³-hybridized carbons (Fsp3) is 0.407. The minimum atomic E-state index is -1.18. The number of aliphatic hydroxyl groups excluding tert-OH is 1. The number of likely N-dealkylation sites (tertiary alicyclic amines) is 1. The summed E-state index contributed by atoms with van der Waals surface area (Å²) in [5, 5.41) is 12.7. The zero-order valence-corrected chi connectivity index (χ0v) is 21.5. The van der Waals surface area contributed by atoms with Gasteiger partial charge in [-0.15, -0.1) is 11.3 Å². The van der Waals surface area contributed by atoms with Gasteiger partial charge in [0.2, 0.25) is 0 Å². The molecule has 5 rings (SSSR count). The van der Waals surface area contributed by atoms with Gasteiger partial charge in [0.15, 0.2) is 11.6 Å². The molecule has 1 aromatic heterocycles. The second kappa shape index (κ2) is 10.5. The standard InChI is InChI=1S/C27H28ClFN2O4S/c1-30(27(34)26(33)24-13-16-4-6-18(28)14-23(16)36-24)21(15-31-10-2-3-11-31)25(32)17-5-9-22(20(29)12-17)35-19-7-8-19/h4-6,9,12-14,19,21,25,32H,2-3,7-8,10-11,15H2,1H3/t21-,25-/m1/s1. The Morgan fingerprint density at radius 1 is 1.19 bits per heavy atom. The highest BCUT2D eigenvalue weighted by molar-refractivity contribution is 7.21. The van der Waals surface area contributed by atoms with Crippen LogP contribution in [0, 0.1) is 5.82 Å². The van der Waals surface area contributed by atoms with Crippen LogP contribution < -0.4 is 4.74 Å². The molecule has 190 valence electrons. The first-order valence-electron chi connectivity index (χ1n) is 12.2. The Morgan fingerprint density at radius 3 is 2.64 bits per heavy atom. The number of aliphatic hydroxyl groups is 1. The van der Waals surface area contributed by atoms with E-state index in [4.69, 9.17) is 16.3 Å². The van der Waals surface area contributed by atoms with Gasteiger partial charge in [0.1, 0.15) is 6.10 Å². The van der Waals surface area contributed by atoms with Gasteiger partial charge in [0.05, 0.1) is 17.0 Å². The monoisotopic (exact) mass is 530 g/mol. The fourth-order valence-electron chi connectivity index (χ4n) is 4.58. The molecule has 0 spiro atoms. The highest BCUT2D eigenvalue weighted by Crippen LogP contribution is 2.32. The van der Waals surface area contributed by atoms with Crippen molar-refractivity contribution in [2.24, 2.45) is 0 Å². The zero-order chi connectivity index (χ0) is 25.4. The molecule has 0 radical (unpaired) electrons. The summed E-state index contributed by atoms with van der Waals surface area (Å²) in [5.41, 5.74) is 0.337. The highest BCUT2D eigenvalue weighted by atomic mass is 35.5. The summed E-state index contributed by atoms with van der Waals surface area (Å²) in [4.78, 5) is 30.3. The average Bonchev–Trinajstić information content (AvgIpc) is 3.35. The van der Waals surface area contributed by atoms with Crippen molar-refractivity contribution < 1.29 is 23.8 Å². The molecule has 1 saturated carbocycles. The predicted molar refractivity (Wildman–Crippen MR) is 138 cm³/mol. The molecular weight excluding hydrogens is 503 g/mol. The summed E-state index contributed by atoms with van der Waals surface area (Å²) in [6, 6.07) is 10.7. The van der Waals surface area contributed by atoms with Crippen LogP contribution in [0.5, 0.6) is 5.75 Å². The third-order valence-corrected chi connectivity index (χ3v) is 8.17. The van der Waals surface area contributed by atoms with E-state index in [9.17, 15) is 19.1 Å². The number of ketones is 1. The summed E-state index contributed by atoms with van der Waals surface area (Å²) in [7, 11) is 1.52. The van der Waals surface area contributed by atoms with Crippen molar-refractivity contribution in [2.45, 2.75) is 43.9 Å². The lowest BCUT2D eigenvalue weighted by Crippen LogP contribution is -2.49. The van der Waals surface area contributed by atoms with Gasteiger partial charge in [-0.1, -0.05) is 23.7 Å². The molecule has 2 heterocycles.